The lowest BCUT2D eigenvalue weighted by Gasteiger charge is -2.15. The van der Waals surface area contributed by atoms with Crippen LogP contribution in [-0.4, -0.2) is 169 Å². The fraction of sp³-hybridized carbons (Fsp3) is 0.585. The van der Waals surface area contributed by atoms with Gasteiger partial charge in [-0.25, -0.2) is 9.59 Å². The van der Waals surface area contributed by atoms with Crippen molar-refractivity contribution in [3.63, 3.8) is 0 Å². The molecule has 1 atom stereocenters. The summed E-state index contributed by atoms with van der Waals surface area (Å²) in [6.07, 6.45) is -6.11. The van der Waals surface area contributed by atoms with Crippen LogP contribution in [0.25, 0.3) is 22.0 Å². The predicted molar refractivity (Wildman–Crippen MR) is 213 cm³/mol. The Hall–Kier alpha value is -4.22. The molecular weight excluding hydrogens is 817 g/mol. The van der Waals surface area contributed by atoms with Gasteiger partial charge in [0.1, 0.15) is 13.2 Å². The van der Waals surface area contributed by atoms with Crippen LogP contribution in [0, 0.1) is 0 Å². The highest BCUT2D eigenvalue weighted by Gasteiger charge is 2.35. The number of esters is 1. The molecule has 2 heterocycles. The van der Waals surface area contributed by atoms with E-state index in [1.54, 1.807) is 13.2 Å². The molecule has 3 aromatic rings. The monoisotopic (exact) mass is 872 g/mol. The number of hydrogen-bond acceptors (Lipinski definition) is 15. The Kier molecular flexibility index (Phi) is 23.0. The fourth-order valence-corrected chi connectivity index (χ4v) is 5.63. The lowest BCUT2D eigenvalue weighted by atomic mass is 10.0. The smallest absolute Gasteiger partial charge is 0.417 e. The first kappa shape index (κ1) is 49.4. The van der Waals surface area contributed by atoms with Gasteiger partial charge in [0.05, 0.1) is 131 Å². The van der Waals surface area contributed by atoms with E-state index >= 15 is 0 Å². The second-order valence-corrected chi connectivity index (χ2v) is 13.1. The number of carbonyl (C=O) groups is 2. The molecule has 0 radical (unpaired) electrons. The molecule has 1 fully saturated rings. The van der Waals surface area contributed by atoms with E-state index in [0.717, 1.165) is 6.07 Å². The highest BCUT2D eigenvalue weighted by Crippen LogP contribution is 2.37. The zero-order valence-electron chi connectivity index (χ0n) is 34.3. The number of fused-ring (bicyclic) bond motifs is 1. The number of benzene rings is 2. The minimum absolute atomic E-state index is 0.00629. The molecule has 0 spiro atoms. The molecule has 2 aromatic carbocycles. The van der Waals surface area contributed by atoms with E-state index in [0.29, 0.717) is 117 Å². The van der Waals surface area contributed by atoms with Gasteiger partial charge >= 0.3 is 18.2 Å². The first-order valence-corrected chi connectivity index (χ1v) is 19.8. The van der Waals surface area contributed by atoms with Crippen LogP contribution in [0.2, 0.25) is 0 Å². The van der Waals surface area contributed by atoms with Crippen molar-refractivity contribution in [2.75, 3.05) is 151 Å². The Morgan fingerprint density at radius 3 is 1.69 bits per heavy atom. The summed E-state index contributed by atoms with van der Waals surface area (Å²) in [7, 11) is 1.63. The molecule has 0 aliphatic carbocycles. The number of pyridine rings is 1. The average Bonchev–Trinajstić information content (AvgIpc) is 3.63. The largest absolute Gasteiger partial charge is 0.460 e. The number of ether oxygens (including phenoxy) is 12. The number of anilines is 1. The first-order chi connectivity index (χ1) is 29.7. The summed E-state index contributed by atoms with van der Waals surface area (Å²) in [4.78, 5) is 41.6. The third-order valence-electron chi connectivity index (χ3n) is 8.60. The first-order valence-electron chi connectivity index (χ1n) is 19.8. The molecule has 1 aromatic heterocycles. The average molecular weight is 873 g/mol. The summed E-state index contributed by atoms with van der Waals surface area (Å²) in [6, 6.07) is 10.9. The number of rotatable bonds is 33. The molecule has 61 heavy (non-hydrogen) atoms. The number of alkyl halides is 3. The molecule has 20 heteroatoms. The predicted octanol–water partition coefficient (Wildman–Crippen LogP) is 3.88. The molecule has 0 unspecified atom stereocenters. The van der Waals surface area contributed by atoms with Crippen molar-refractivity contribution in [2.45, 2.75) is 12.3 Å². The summed E-state index contributed by atoms with van der Waals surface area (Å²) in [5.74, 6) is -0.660. The fourth-order valence-electron chi connectivity index (χ4n) is 5.63. The van der Waals surface area contributed by atoms with Crippen molar-refractivity contribution in [1.29, 1.82) is 0 Å². The Bertz CT molecular complexity index is 1780. The van der Waals surface area contributed by atoms with Gasteiger partial charge in [0.15, 0.2) is 6.10 Å². The minimum atomic E-state index is -4.61. The number of cyclic esters (lactones) is 1. The van der Waals surface area contributed by atoms with Gasteiger partial charge in [0.25, 0.3) is 5.56 Å². The van der Waals surface area contributed by atoms with Crippen LogP contribution in [0.5, 0.6) is 0 Å². The normalized spacial score (nSPS) is 14.3. The van der Waals surface area contributed by atoms with Crippen molar-refractivity contribution in [3.8, 4) is 11.3 Å². The van der Waals surface area contributed by atoms with Crippen LogP contribution in [0.15, 0.2) is 53.3 Å². The molecule has 17 nitrogen and oxygen atoms in total. The number of amides is 1. The molecule has 4 rings (SSSR count). The number of hydrogen-bond donors (Lipinski definition) is 1. The van der Waals surface area contributed by atoms with E-state index in [1.165, 1.54) is 41.3 Å². The topological polar surface area (TPSA) is 181 Å². The maximum Gasteiger partial charge on any atom is 0.417 e. The van der Waals surface area contributed by atoms with Crippen molar-refractivity contribution in [2.24, 2.45) is 0 Å². The van der Waals surface area contributed by atoms with Gasteiger partial charge in [-0.15, -0.1) is 0 Å². The molecule has 1 amide bonds. The lowest BCUT2D eigenvalue weighted by molar-refractivity contribution is -0.151. The number of nitrogens with one attached hydrogen (secondary N) is 1. The SMILES string of the molecule is COCCOCCOCCOCCOCCOCCOCCOCCOCCOCC(=O)OC[C@@H]1CN(c2ccc3cc(-c4ccccc4C(F)(F)F)[nH]c(=O)c3c2)C(=O)O1. The van der Waals surface area contributed by atoms with Crippen molar-refractivity contribution in [3.05, 3.63) is 64.4 Å². The highest BCUT2D eigenvalue weighted by atomic mass is 19.4. The standard InChI is InChI=1S/C41H55F3N2O15/c1-50-8-9-51-10-11-52-12-13-53-14-15-54-16-17-55-18-19-56-20-21-57-22-23-58-24-25-59-30-38(47)60-29-33-28-46(40(49)61-33)32-7-6-31-26-37(45-39(48)35(31)27-32)34-4-2-3-5-36(34)41(42,43)44/h2-7,26-27,33H,8-25,28-30H2,1H3,(H,45,48)/t33-/m0/s1. The van der Waals surface area contributed by atoms with Gasteiger partial charge in [-0.2, -0.15) is 13.2 Å². The summed E-state index contributed by atoms with van der Waals surface area (Å²) in [5, 5.41) is 0.543. The molecule has 1 aliphatic heterocycles. The van der Waals surface area contributed by atoms with Gasteiger partial charge in [-0.3, -0.25) is 9.69 Å². The number of carbonyl (C=O) groups excluding carboxylic acids is 2. The third-order valence-corrected chi connectivity index (χ3v) is 8.60. The maximum atomic E-state index is 13.6. The summed E-state index contributed by atoms with van der Waals surface area (Å²) in [6.45, 7) is 7.23. The van der Waals surface area contributed by atoms with Crippen LogP contribution in [-0.2, 0) is 67.8 Å². The summed E-state index contributed by atoms with van der Waals surface area (Å²) >= 11 is 0. The van der Waals surface area contributed by atoms with E-state index < -0.39 is 35.5 Å². The molecule has 340 valence electrons. The Labute approximate surface area is 351 Å². The van der Waals surface area contributed by atoms with Crippen molar-refractivity contribution < 1.29 is 79.6 Å². The minimum Gasteiger partial charge on any atom is -0.460 e. The quantitative estimate of drug-likeness (QED) is 0.0688. The molecular formula is C41H55F3N2O15. The van der Waals surface area contributed by atoms with E-state index in [2.05, 4.69) is 4.98 Å². The zero-order chi connectivity index (χ0) is 43.5. The number of aromatic amines is 1. The molecule has 0 saturated carbocycles. The van der Waals surface area contributed by atoms with Gasteiger partial charge in [0, 0.05) is 29.4 Å². The Morgan fingerprint density at radius 1 is 0.689 bits per heavy atom. The molecule has 1 saturated heterocycles. The van der Waals surface area contributed by atoms with Crippen molar-refractivity contribution in [1.82, 2.24) is 4.98 Å². The lowest BCUT2D eigenvalue weighted by Crippen LogP contribution is -2.27. The van der Waals surface area contributed by atoms with E-state index in [4.69, 9.17) is 56.8 Å². The molecule has 1 N–H and O–H groups in total. The maximum absolute atomic E-state index is 13.6. The Morgan fingerprint density at radius 2 is 1.18 bits per heavy atom. The van der Waals surface area contributed by atoms with Crippen molar-refractivity contribution >= 4 is 28.5 Å². The highest BCUT2D eigenvalue weighted by molar-refractivity contribution is 5.95. The van der Waals surface area contributed by atoms with E-state index in [9.17, 15) is 27.6 Å². The summed E-state index contributed by atoms with van der Waals surface area (Å²) < 4.78 is 105. The summed E-state index contributed by atoms with van der Waals surface area (Å²) in [5.41, 5.74) is -1.34. The number of aromatic nitrogens is 1. The van der Waals surface area contributed by atoms with Gasteiger partial charge in [-0.05, 0) is 29.7 Å². The molecule has 1 aliphatic rings. The van der Waals surface area contributed by atoms with E-state index in [1.807, 2.05) is 0 Å². The number of methoxy groups -OCH3 is 1. The van der Waals surface area contributed by atoms with Gasteiger partial charge < -0.3 is 61.8 Å². The second-order valence-electron chi connectivity index (χ2n) is 13.1. The zero-order valence-corrected chi connectivity index (χ0v) is 34.3. The van der Waals surface area contributed by atoms with Gasteiger partial charge in [-0.1, -0.05) is 24.3 Å². The number of halogens is 3. The van der Waals surface area contributed by atoms with Crippen LogP contribution < -0.4 is 10.5 Å². The van der Waals surface area contributed by atoms with Crippen LogP contribution >= 0.6 is 0 Å². The van der Waals surface area contributed by atoms with Crippen LogP contribution in [0.1, 0.15) is 5.56 Å². The number of H-pyrrole nitrogens is 1. The Balaban J connectivity index is 0.941. The molecule has 0 bridgehead atoms. The van der Waals surface area contributed by atoms with Gasteiger partial charge in [0.2, 0.25) is 0 Å². The van der Waals surface area contributed by atoms with E-state index in [-0.39, 0.29) is 49.6 Å². The second kappa shape index (κ2) is 28.4. The van der Waals surface area contributed by atoms with Crippen LogP contribution in [0.3, 0.4) is 0 Å². The number of nitrogens with zero attached hydrogens (tertiary/aromatic N) is 1. The van der Waals surface area contributed by atoms with Crippen LogP contribution in [0.4, 0.5) is 23.7 Å². The third kappa shape index (κ3) is 18.7.